The molecular weight excluding hydrogens is 1220 g/mol. The summed E-state index contributed by atoms with van der Waals surface area (Å²) in [6.07, 6.45) is 1.98. The van der Waals surface area contributed by atoms with Gasteiger partial charge in [0.05, 0.1) is 6.10 Å². The molecule has 0 aliphatic carbocycles. The molecule has 0 spiro atoms. The van der Waals surface area contributed by atoms with Crippen LogP contribution in [0.5, 0.6) is 0 Å². The first-order valence-corrected chi connectivity index (χ1v) is 32.9. The minimum absolute atomic E-state index is 0.0140. The van der Waals surface area contributed by atoms with E-state index in [2.05, 4.69) is 52.5 Å². The van der Waals surface area contributed by atoms with Crippen LogP contribution < -0.4 is 71.0 Å². The van der Waals surface area contributed by atoms with Gasteiger partial charge in [-0.1, -0.05) is 32.0 Å². The number of aliphatic carboxylic acids is 1. The topological polar surface area (TPSA) is 445 Å². The fourth-order valence-corrected chi connectivity index (χ4v) is 13.9. The van der Waals surface area contributed by atoms with Gasteiger partial charge in [-0.3, -0.25) is 33.8 Å². The Morgan fingerprint density at radius 3 is 1.99 bits per heavy atom. The summed E-state index contributed by atoms with van der Waals surface area (Å²) in [7, 11) is 2.01. The summed E-state index contributed by atoms with van der Waals surface area (Å²) in [5.74, 6) is -8.96. The smallest absolute Gasteiger partial charge is 0.480 e. The van der Waals surface area contributed by atoms with Crippen LogP contribution in [0.4, 0.5) is 0 Å². The number of amides is 8. The maximum atomic E-state index is 14.7. The molecule has 86 heavy (non-hydrogen) atoms. The standard InChI is InChI=1S/C56H83N15O12S2Se/c1-31(2)26-41(55(82)83)68-52(79)43-30-85-84-29-42(63-45(73)20-5-4-12-25-71-54(81)35-15-7-9-19-44(35)86-71)51(78)65-39(21-23-58)49(76)64-38(18-13-24-61-56(59)60)47(74)67-40(27-33-28-62-36-16-8-6-14-34(33)36)50(77)70-46(32(3)72)53(80)66-37(48(75)69-43)17-10-11-22-57/h6-9,14-16,19,28,31-32,37-43,46,62,72H,4-5,10-13,17-18,20-27,29-30,57-58H2,1-3H3,(H,63,73)(H,64,76)(H,65,78)(H,66,80)(H,67,74)(H,68,79)(H,69,75)(H,70,77)(H,82,83)(H4,59,60,61)/t32-,37+,38+,39+,40+,41+,42+,43+,46+/m1/s1. The number of hydrogen-bond donors (Lipinski definition) is 15. The third-order valence-corrected chi connectivity index (χ3v) is 18.8. The Morgan fingerprint density at radius 2 is 1.33 bits per heavy atom. The first kappa shape index (κ1) is 69.8. The van der Waals surface area contributed by atoms with Gasteiger partial charge in [-0.15, -0.1) is 0 Å². The maximum absolute atomic E-state index is 14.7. The van der Waals surface area contributed by atoms with Crippen LogP contribution in [0.3, 0.4) is 0 Å². The number of hydrogen-bond acceptors (Lipinski definition) is 16. The number of fused-ring (bicyclic) bond motifs is 2. The van der Waals surface area contributed by atoms with E-state index in [0.717, 1.165) is 25.8 Å². The number of guanidine groups is 1. The number of aliphatic imine (C=N–C) groups is 1. The van der Waals surface area contributed by atoms with Crippen molar-refractivity contribution < 1.29 is 53.4 Å². The quantitative estimate of drug-likeness (QED) is 0.0120. The van der Waals surface area contributed by atoms with Gasteiger partial charge in [0.2, 0.25) is 35.4 Å². The van der Waals surface area contributed by atoms with E-state index in [9.17, 15) is 58.2 Å². The van der Waals surface area contributed by atoms with Gasteiger partial charge >= 0.3 is 172 Å². The van der Waals surface area contributed by atoms with Gasteiger partial charge in [-0.05, 0) is 82.5 Å². The Balaban J connectivity index is 1.52. The summed E-state index contributed by atoms with van der Waals surface area (Å²) in [6, 6.07) is 2.97. The van der Waals surface area contributed by atoms with Gasteiger partial charge in [-0.25, -0.2) is 4.79 Å². The van der Waals surface area contributed by atoms with Gasteiger partial charge < -0.3 is 70.0 Å². The second kappa shape index (κ2) is 35.6. The van der Waals surface area contributed by atoms with Gasteiger partial charge in [0.15, 0.2) is 5.96 Å². The van der Waals surface area contributed by atoms with Crippen LogP contribution >= 0.6 is 21.6 Å². The van der Waals surface area contributed by atoms with Gasteiger partial charge in [-0.2, -0.15) is 0 Å². The normalized spacial score (nSPS) is 21.5. The number of carboxylic acids is 1. The molecule has 0 unspecified atom stereocenters. The Labute approximate surface area is 512 Å². The number of para-hydroxylation sites is 1. The number of aromatic nitrogens is 2. The molecule has 1 aliphatic rings. The summed E-state index contributed by atoms with van der Waals surface area (Å²) in [5, 5.41) is 43.8. The minimum Gasteiger partial charge on any atom is -0.480 e. The number of aliphatic hydroxyl groups excluding tert-OH is 1. The predicted octanol–water partition coefficient (Wildman–Crippen LogP) is -1.34. The van der Waals surface area contributed by atoms with Crippen molar-refractivity contribution in [2.45, 2.75) is 159 Å². The summed E-state index contributed by atoms with van der Waals surface area (Å²) in [5.41, 5.74) is 24.2. The van der Waals surface area contributed by atoms with Gasteiger partial charge in [0.1, 0.15) is 36.3 Å². The third-order valence-electron chi connectivity index (χ3n) is 14.0. The molecule has 472 valence electrons. The summed E-state index contributed by atoms with van der Waals surface area (Å²) in [6.45, 7) is 5.38. The van der Waals surface area contributed by atoms with Crippen molar-refractivity contribution in [1.82, 2.24) is 51.1 Å². The third kappa shape index (κ3) is 22.1. The van der Waals surface area contributed by atoms with E-state index in [-0.39, 0.29) is 115 Å². The predicted molar refractivity (Wildman–Crippen MR) is 331 cm³/mol. The van der Waals surface area contributed by atoms with Crippen LogP contribution in [0.1, 0.15) is 97.0 Å². The number of carbonyl (C=O) groups excluding carboxylic acids is 8. The van der Waals surface area contributed by atoms with Crippen LogP contribution in [0.25, 0.3) is 20.5 Å². The minimum atomic E-state index is -1.75. The molecule has 5 rings (SSSR count). The summed E-state index contributed by atoms with van der Waals surface area (Å²) < 4.78 is 2.82. The molecule has 1 saturated heterocycles. The van der Waals surface area contributed by atoms with Crippen molar-refractivity contribution in [3.8, 4) is 0 Å². The molecule has 19 N–H and O–H groups in total. The summed E-state index contributed by atoms with van der Waals surface area (Å²) in [4.78, 5) is 147. The molecule has 8 amide bonds. The number of rotatable bonds is 25. The number of carboxylic acid groups (broad SMARTS) is 1. The van der Waals surface area contributed by atoms with E-state index in [1.165, 1.54) is 6.92 Å². The number of nitrogens with two attached hydrogens (primary N) is 4. The van der Waals surface area contributed by atoms with E-state index in [1.807, 2.05) is 21.8 Å². The molecule has 1 aliphatic heterocycles. The molecular formula is C56H83N15O12S2Se. The first-order valence-electron chi connectivity index (χ1n) is 28.8. The Hall–Kier alpha value is -6.95. The molecule has 0 saturated carbocycles. The van der Waals surface area contributed by atoms with Crippen LogP contribution in [0, 0.1) is 5.92 Å². The molecule has 0 bridgehead atoms. The van der Waals surface area contributed by atoms with Crippen LogP contribution in [-0.4, -0.2) is 178 Å². The molecule has 3 heterocycles. The molecule has 30 heteroatoms. The number of unbranched alkanes of at least 4 members (excludes halogenated alkanes) is 3. The first-order chi connectivity index (χ1) is 41.1. The molecule has 1 fully saturated rings. The number of nitrogens with zero attached hydrogens (tertiary/aromatic N) is 2. The van der Waals surface area contributed by atoms with Gasteiger partial charge in [0.25, 0.3) is 0 Å². The Kier molecular flexibility index (Phi) is 28.9. The second-order valence-electron chi connectivity index (χ2n) is 21.4. The number of aryl methyl sites for hydroxylation is 1. The molecule has 9 atom stereocenters. The van der Waals surface area contributed by atoms with Crippen molar-refractivity contribution in [1.29, 1.82) is 0 Å². The summed E-state index contributed by atoms with van der Waals surface area (Å²) >= 11 is -0.160. The number of aliphatic hydroxyl groups is 1. The molecule has 4 aromatic rings. The average molecular weight is 1300 g/mol. The SMILES string of the molecule is CC(C)C[C@H](NC(=O)[C@@H]1CSSC[C@H](NC(=O)CCCCCn2[se]c3ccccc3c2=O)C(=O)N[C@@H](CCN)C(=O)N[C@@H](CCCN=C(N)N)C(=O)N[C@@H](Cc2c[nH]c3ccccc23)C(=O)N[C@@H]([C@@H](C)O)C(=O)N[C@@H](CCCCN)C(=O)N1)C(=O)O. The van der Waals surface area contributed by atoms with Crippen molar-refractivity contribution >= 4 is 116 Å². The van der Waals surface area contributed by atoms with Gasteiger partial charge in [0, 0.05) is 35.8 Å². The fraction of sp³-hybridized carbons (Fsp3) is 0.554. The number of H-pyrrole nitrogens is 1. The van der Waals surface area contributed by atoms with E-state index in [4.69, 9.17) is 22.9 Å². The van der Waals surface area contributed by atoms with Crippen LogP contribution in [0.15, 0.2) is 64.5 Å². The molecule has 0 radical (unpaired) electrons. The van der Waals surface area contributed by atoms with Crippen LogP contribution in [-0.2, 0) is 56.1 Å². The monoisotopic (exact) mass is 1300 g/mol. The number of aromatic amines is 1. The second-order valence-corrected chi connectivity index (χ2v) is 26.2. The zero-order chi connectivity index (χ0) is 62.9. The van der Waals surface area contributed by atoms with E-state index in [1.54, 1.807) is 50.4 Å². The zero-order valence-corrected chi connectivity index (χ0v) is 51.9. The van der Waals surface area contributed by atoms with Crippen molar-refractivity contribution in [2.24, 2.45) is 33.8 Å². The fourth-order valence-electron chi connectivity index (χ4n) is 9.42. The average Bonchev–Trinajstić information content (AvgIpc) is 2.12. The van der Waals surface area contributed by atoms with Crippen molar-refractivity contribution in [2.75, 3.05) is 31.1 Å². The van der Waals surface area contributed by atoms with E-state index in [0.29, 0.717) is 54.1 Å². The molecule has 2 aromatic carbocycles. The van der Waals surface area contributed by atoms with Crippen LogP contribution in [0.2, 0.25) is 0 Å². The Morgan fingerprint density at radius 1 is 0.709 bits per heavy atom. The zero-order valence-electron chi connectivity index (χ0n) is 48.6. The van der Waals surface area contributed by atoms with E-state index >= 15 is 0 Å². The Bertz CT molecular complexity index is 3040. The molecule has 27 nitrogen and oxygen atoms in total. The van der Waals surface area contributed by atoms with E-state index < -0.39 is 108 Å². The van der Waals surface area contributed by atoms with Crippen molar-refractivity contribution in [3.63, 3.8) is 0 Å². The molecule has 2 aromatic heterocycles. The van der Waals surface area contributed by atoms with Crippen molar-refractivity contribution in [3.05, 3.63) is 70.6 Å². The number of benzene rings is 2. The number of nitrogens with one attached hydrogen (secondary N) is 9. The number of carbonyl (C=O) groups is 9.